The van der Waals surface area contributed by atoms with E-state index in [0.717, 1.165) is 76.8 Å². The van der Waals surface area contributed by atoms with Crippen molar-refractivity contribution in [1.29, 1.82) is 0 Å². The molecule has 10 heteroatoms. The fourth-order valence-corrected chi connectivity index (χ4v) is 5.69. The van der Waals surface area contributed by atoms with Gasteiger partial charge in [0.25, 0.3) is 0 Å². The number of esters is 2. The van der Waals surface area contributed by atoms with E-state index in [2.05, 4.69) is 24.8 Å². The van der Waals surface area contributed by atoms with Crippen molar-refractivity contribution in [1.82, 2.24) is 9.97 Å². The number of aromatic nitrogens is 2. The summed E-state index contributed by atoms with van der Waals surface area (Å²) in [5.41, 5.74) is 3.84. The van der Waals surface area contributed by atoms with Gasteiger partial charge in [0.1, 0.15) is 21.5 Å². The zero-order valence-electron chi connectivity index (χ0n) is 23.6. The number of hydrogen-bond donors (Lipinski definition) is 1. The number of para-hydroxylation sites is 2. The molecule has 0 atom stereocenters. The average Bonchev–Trinajstić information content (AvgIpc) is 3.68. The van der Waals surface area contributed by atoms with Crippen LogP contribution in [0, 0.1) is 0 Å². The summed E-state index contributed by atoms with van der Waals surface area (Å²) in [5.74, 6) is 0.768. The van der Waals surface area contributed by atoms with Crippen molar-refractivity contribution in [2.45, 2.75) is 51.4 Å². The quantitative estimate of drug-likeness (QED) is 0.129. The van der Waals surface area contributed by atoms with E-state index in [1.54, 1.807) is 30.6 Å². The van der Waals surface area contributed by atoms with E-state index < -0.39 is 0 Å². The molecular weight excluding hydrogens is 560 g/mol. The molecule has 0 amide bonds. The number of phenolic OH excluding ortho intramolecular Hbond substituents is 1. The molecule has 8 nitrogen and oxygen atoms in total. The van der Waals surface area contributed by atoms with Gasteiger partial charge >= 0.3 is 11.9 Å². The maximum absolute atomic E-state index is 11.0. The standard InChI is InChI=1S/C16H19NO3S.C15H17NO3S/c1-19-14-9-5-4-8-13(14)16-17-12(11-21-16)7-3-6-10-15(18)20-2;1-19-14(18)9-5-2-6-11-10-20-15(16-11)12-7-3-4-8-13(12)17/h4-5,8-9,11H,3,6-7,10H2,1-2H3;3-4,7-8,10,17H,2,5-6,9H2,1H3. The van der Waals surface area contributed by atoms with Crippen molar-refractivity contribution in [3.8, 4) is 32.6 Å². The summed E-state index contributed by atoms with van der Waals surface area (Å²) in [4.78, 5) is 31.2. The molecule has 0 radical (unpaired) electrons. The number of rotatable bonds is 13. The van der Waals surface area contributed by atoms with Crippen molar-refractivity contribution in [2.75, 3.05) is 21.3 Å². The minimum Gasteiger partial charge on any atom is -0.507 e. The largest absolute Gasteiger partial charge is 0.507 e. The summed E-state index contributed by atoms with van der Waals surface area (Å²) in [5, 5.41) is 15.7. The molecule has 4 aromatic rings. The van der Waals surface area contributed by atoms with Crippen molar-refractivity contribution in [2.24, 2.45) is 0 Å². The van der Waals surface area contributed by atoms with Crippen molar-refractivity contribution in [3.63, 3.8) is 0 Å². The summed E-state index contributed by atoms with van der Waals surface area (Å²) in [6.07, 6.45) is 6.10. The molecular formula is C31H36N2O6S2. The first kappa shape index (κ1) is 31.8. The highest BCUT2D eigenvalue weighted by Gasteiger charge is 2.11. The van der Waals surface area contributed by atoms with Crippen LogP contribution in [0.5, 0.6) is 11.5 Å². The highest BCUT2D eigenvalue weighted by molar-refractivity contribution is 7.13. The fourth-order valence-electron chi connectivity index (χ4n) is 3.92. The Balaban J connectivity index is 0.000000226. The molecule has 0 fully saturated rings. The monoisotopic (exact) mass is 596 g/mol. The average molecular weight is 597 g/mol. The molecule has 41 heavy (non-hydrogen) atoms. The SMILES string of the molecule is COC(=O)CCCCc1csc(-c2ccccc2O)n1.COC(=O)CCCCc1csc(-c2ccccc2OC)n1. The van der Waals surface area contributed by atoms with E-state index in [4.69, 9.17) is 4.74 Å². The molecule has 0 bridgehead atoms. The molecule has 0 unspecified atom stereocenters. The molecule has 1 N–H and O–H groups in total. The number of ether oxygens (including phenoxy) is 3. The van der Waals surface area contributed by atoms with E-state index in [1.165, 1.54) is 25.6 Å². The number of benzene rings is 2. The lowest BCUT2D eigenvalue weighted by Gasteiger charge is -2.04. The number of nitrogens with zero attached hydrogens (tertiary/aromatic N) is 2. The second kappa shape index (κ2) is 17.1. The predicted molar refractivity (Wildman–Crippen MR) is 162 cm³/mol. The van der Waals surface area contributed by atoms with Crippen LogP contribution in [-0.4, -0.2) is 48.3 Å². The molecule has 218 valence electrons. The first-order chi connectivity index (χ1) is 19.9. The number of thiazole rings is 2. The Morgan fingerprint density at radius 3 is 1.71 bits per heavy atom. The van der Waals surface area contributed by atoms with E-state index in [1.807, 2.05) is 41.8 Å². The second-order valence-corrected chi connectivity index (χ2v) is 10.8. The van der Waals surface area contributed by atoms with Crippen LogP contribution in [0.2, 0.25) is 0 Å². The topological polar surface area (TPSA) is 108 Å². The Kier molecular flexibility index (Phi) is 13.3. The van der Waals surface area contributed by atoms with Gasteiger partial charge in [0.15, 0.2) is 0 Å². The van der Waals surface area contributed by atoms with Crippen molar-refractivity contribution >= 4 is 34.6 Å². The molecule has 0 saturated carbocycles. The normalized spacial score (nSPS) is 10.4. The molecule has 0 aliphatic carbocycles. The first-order valence-corrected chi connectivity index (χ1v) is 15.1. The Morgan fingerprint density at radius 2 is 1.20 bits per heavy atom. The zero-order valence-corrected chi connectivity index (χ0v) is 25.3. The summed E-state index contributed by atoms with van der Waals surface area (Å²) in [6, 6.07) is 15.1. The van der Waals surface area contributed by atoms with Gasteiger partial charge in [0.05, 0.1) is 43.8 Å². The van der Waals surface area contributed by atoms with E-state index in [9.17, 15) is 14.7 Å². The van der Waals surface area contributed by atoms with Crippen molar-refractivity contribution in [3.05, 3.63) is 70.7 Å². The lowest BCUT2D eigenvalue weighted by atomic mass is 10.1. The van der Waals surface area contributed by atoms with Gasteiger partial charge in [0.2, 0.25) is 0 Å². The number of carbonyl (C=O) groups is 2. The van der Waals surface area contributed by atoms with Gasteiger partial charge in [-0.25, -0.2) is 9.97 Å². The third kappa shape index (κ3) is 10.3. The molecule has 0 aliphatic rings. The lowest BCUT2D eigenvalue weighted by Crippen LogP contribution is -1.99. The molecule has 0 saturated heterocycles. The van der Waals surface area contributed by atoms with Crippen LogP contribution >= 0.6 is 22.7 Å². The smallest absolute Gasteiger partial charge is 0.305 e. The first-order valence-electron chi connectivity index (χ1n) is 13.4. The molecule has 0 spiro atoms. The second-order valence-electron chi connectivity index (χ2n) is 9.07. The summed E-state index contributed by atoms with van der Waals surface area (Å²) in [7, 11) is 4.49. The Bertz CT molecular complexity index is 1380. The van der Waals surface area contributed by atoms with Gasteiger partial charge in [-0.15, -0.1) is 22.7 Å². The molecule has 2 heterocycles. The summed E-state index contributed by atoms with van der Waals surface area (Å²) in [6.45, 7) is 0. The van der Waals surface area contributed by atoms with Crippen LogP contribution in [-0.2, 0) is 31.9 Å². The van der Waals surface area contributed by atoms with Crippen LogP contribution in [0.3, 0.4) is 0 Å². The number of phenols is 1. The molecule has 2 aromatic heterocycles. The van der Waals surface area contributed by atoms with Crippen molar-refractivity contribution < 1.29 is 28.9 Å². The zero-order chi connectivity index (χ0) is 29.5. The van der Waals surface area contributed by atoms with Gasteiger partial charge in [-0.1, -0.05) is 24.3 Å². The van der Waals surface area contributed by atoms with Crippen LogP contribution in [0.15, 0.2) is 59.3 Å². The number of aryl methyl sites for hydroxylation is 2. The van der Waals surface area contributed by atoms with Crippen LogP contribution in [0.1, 0.15) is 49.9 Å². The Morgan fingerprint density at radius 1 is 0.707 bits per heavy atom. The molecule has 2 aromatic carbocycles. The predicted octanol–water partition coefficient (Wildman–Crippen LogP) is 7.11. The lowest BCUT2D eigenvalue weighted by molar-refractivity contribution is -0.141. The van der Waals surface area contributed by atoms with Gasteiger partial charge in [-0.2, -0.15) is 0 Å². The minimum absolute atomic E-state index is 0.150. The Hall–Kier alpha value is -3.76. The number of carbonyl (C=O) groups excluding carboxylic acids is 2. The summed E-state index contributed by atoms with van der Waals surface area (Å²) < 4.78 is 14.6. The highest BCUT2D eigenvalue weighted by Crippen LogP contribution is 2.33. The van der Waals surface area contributed by atoms with Crippen LogP contribution < -0.4 is 4.74 Å². The molecule has 4 rings (SSSR count). The number of hydrogen-bond acceptors (Lipinski definition) is 10. The van der Waals surface area contributed by atoms with E-state index >= 15 is 0 Å². The molecule has 0 aliphatic heterocycles. The van der Waals surface area contributed by atoms with Gasteiger partial charge in [-0.3, -0.25) is 9.59 Å². The highest BCUT2D eigenvalue weighted by atomic mass is 32.1. The third-order valence-electron chi connectivity index (χ3n) is 6.16. The third-order valence-corrected chi connectivity index (χ3v) is 8.01. The number of aromatic hydroxyl groups is 1. The fraction of sp³-hybridized carbons (Fsp3) is 0.355. The number of unbranched alkanes of at least 4 members (excludes halogenated alkanes) is 2. The maximum Gasteiger partial charge on any atom is 0.305 e. The summed E-state index contributed by atoms with van der Waals surface area (Å²) >= 11 is 3.14. The van der Waals surface area contributed by atoms with E-state index in [-0.39, 0.29) is 17.7 Å². The van der Waals surface area contributed by atoms with Gasteiger partial charge in [0, 0.05) is 23.6 Å². The van der Waals surface area contributed by atoms with E-state index in [0.29, 0.717) is 12.8 Å². The van der Waals surface area contributed by atoms with Crippen LogP contribution in [0.4, 0.5) is 0 Å². The Labute approximate surface area is 249 Å². The van der Waals surface area contributed by atoms with Crippen LogP contribution in [0.25, 0.3) is 21.1 Å². The minimum atomic E-state index is -0.168. The number of methoxy groups -OCH3 is 3. The van der Waals surface area contributed by atoms with Gasteiger partial charge < -0.3 is 19.3 Å². The maximum atomic E-state index is 11.0. The van der Waals surface area contributed by atoms with Gasteiger partial charge in [-0.05, 0) is 62.8 Å².